The molecule has 2 aliphatic heterocycles. The van der Waals surface area contributed by atoms with Crippen molar-refractivity contribution >= 4 is 35.6 Å². The van der Waals surface area contributed by atoms with Gasteiger partial charge in [0.2, 0.25) is 5.91 Å². The van der Waals surface area contributed by atoms with Gasteiger partial charge in [-0.1, -0.05) is 17.7 Å². The van der Waals surface area contributed by atoms with Gasteiger partial charge in [0.15, 0.2) is 0 Å². The van der Waals surface area contributed by atoms with Crippen LogP contribution in [0, 0.1) is 0 Å². The molecule has 2 fully saturated rings. The van der Waals surface area contributed by atoms with Crippen LogP contribution in [0.3, 0.4) is 0 Å². The summed E-state index contributed by atoms with van der Waals surface area (Å²) in [5.41, 5.74) is 0.650. The monoisotopic (exact) mass is 315 g/mol. The van der Waals surface area contributed by atoms with Crippen molar-refractivity contribution in [2.75, 3.05) is 31.7 Å². The topological polar surface area (TPSA) is 35.6 Å². The Hall–Kier alpha value is -0.970. The summed E-state index contributed by atoms with van der Waals surface area (Å²) in [5.74, 6) is 0.231. The summed E-state index contributed by atoms with van der Waals surface area (Å²) >= 11 is 6.09. The molecule has 6 heteroatoms. The van der Waals surface area contributed by atoms with E-state index in [2.05, 4.69) is 10.2 Å². The first-order chi connectivity index (χ1) is 9.13. The van der Waals surface area contributed by atoms with Crippen LogP contribution < -0.4 is 10.2 Å². The summed E-state index contributed by atoms with van der Waals surface area (Å²) in [7, 11) is 1.87. The average Bonchev–Trinajstić information content (AvgIpc) is 2.65. The Bertz CT molecular complexity index is 503. The highest BCUT2D eigenvalue weighted by Gasteiger charge is 2.51. The number of nitrogens with zero attached hydrogens (tertiary/aromatic N) is 2. The van der Waals surface area contributed by atoms with E-state index < -0.39 is 0 Å². The number of amides is 1. The minimum atomic E-state index is -0.384. The Morgan fingerprint density at radius 3 is 2.65 bits per heavy atom. The van der Waals surface area contributed by atoms with Crippen LogP contribution in [0.4, 0.5) is 5.69 Å². The predicted octanol–water partition coefficient (Wildman–Crippen LogP) is 2.12. The fourth-order valence-electron chi connectivity index (χ4n) is 3.18. The molecule has 1 aromatic carbocycles. The zero-order valence-corrected chi connectivity index (χ0v) is 13.0. The average molecular weight is 316 g/mol. The van der Waals surface area contributed by atoms with Gasteiger partial charge in [0, 0.05) is 17.8 Å². The quantitative estimate of drug-likeness (QED) is 0.862. The van der Waals surface area contributed by atoms with Crippen LogP contribution in [0.15, 0.2) is 24.3 Å². The van der Waals surface area contributed by atoms with E-state index in [9.17, 15) is 4.79 Å². The lowest BCUT2D eigenvalue weighted by molar-refractivity contribution is -0.131. The SMILES string of the molecule is CN1CN(c2cccc(Cl)c2)C2(CCNCC2)C1=O.Cl. The lowest BCUT2D eigenvalue weighted by Gasteiger charge is -2.40. The van der Waals surface area contributed by atoms with E-state index in [1.807, 2.05) is 36.2 Å². The molecule has 0 unspecified atom stereocenters. The summed E-state index contributed by atoms with van der Waals surface area (Å²) in [6.07, 6.45) is 1.70. The number of piperidine rings is 1. The Labute approximate surface area is 130 Å². The minimum Gasteiger partial charge on any atom is -0.339 e. The Morgan fingerprint density at radius 1 is 1.30 bits per heavy atom. The number of hydrogen-bond acceptors (Lipinski definition) is 3. The molecule has 0 radical (unpaired) electrons. The molecular formula is C14H19Cl2N3O. The molecule has 0 saturated carbocycles. The molecule has 20 heavy (non-hydrogen) atoms. The fraction of sp³-hybridized carbons (Fsp3) is 0.500. The molecule has 3 rings (SSSR count). The van der Waals surface area contributed by atoms with Crippen molar-refractivity contribution in [1.82, 2.24) is 10.2 Å². The van der Waals surface area contributed by atoms with Gasteiger partial charge < -0.3 is 15.1 Å². The zero-order chi connectivity index (χ0) is 13.5. The minimum absolute atomic E-state index is 0. The third-order valence-electron chi connectivity index (χ3n) is 4.17. The number of carbonyl (C=O) groups excluding carboxylic acids is 1. The van der Waals surface area contributed by atoms with Crippen LogP contribution in [-0.2, 0) is 4.79 Å². The van der Waals surface area contributed by atoms with E-state index in [0.717, 1.165) is 31.6 Å². The van der Waals surface area contributed by atoms with Crippen LogP contribution in [0.5, 0.6) is 0 Å². The van der Waals surface area contributed by atoms with E-state index in [4.69, 9.17) is 11.6 Å². The Balaban J connectivity index is 0.00000147. The molecule has 110 valence electrons. The zero-order valence-electron chi connectivity index (χ0n) is 11.4. The number of carbonyl (C=O) groups is 1. The number of nitrogens with one attached hydrogen (secondary N) is 1. The van der Waals surface area contributed by atoms with Crippen molar-refractivity contribution in [3.8, 4) is 0 Å². The number of rotatable bonds is 1. The van der Waals surface area contributed by atoms with Gasteiger partial charge in [-0.3, -0.25) is 4.79 Å². The number of anilines is 1. The van der Waals surface area contributed by atoms with Gasteiger partial charge in [0.05, 0.1) is 6.67 Å². The molecule has 2 saturated heterocycles. The standard InChI is InChI=1S/C14H18ClN3O.ClH/c1-17-10-18(12-4-2-3-11(15)9-12)14(13(17)19)5-7-16-8-6-14;/h2-4,9,16H,5-8,10H2,1H3;1H. The summed E-state index contributed by atoms with van der Waals surface area (Å²) in [6, 6.07) is 7.77. The first kappa shape index (κ1) is 15.4. The second-order valence-corrected chi connectivity index (χ2v) is 5.77. The fourth-order valence-corrected chi connectivity index (χ4v) is 3.36. The van der Waals surface area contributed by atoms with Gasteiger partial charge in [0.1, 0.15) is 5.54 Å². The third kappa shape index (κ3) is 2.36. The number of benzene rings is 1. The summed E-state index contributed by atoms with van der Waals surface area (Å²) < 4.78 is 0. The smallest absolute Gasteiger partial charge is 0.249 e. The lowest BCUT2D eigenvalue weighted by Crippen LogP contribution is -2.55. The summed E-state index contributed by atoms with van der Waals surface area (Å²) in [4.78, 5) is 16.6. The molecule has 2 aliphatic rings. The van der Waals surface area contributed by atoms with Crippen LogP contribution >= 0.6 is 24.0 Å². The van der Waals surface area contributed by atoms with Crippen LogP contribution in [0.1, 0.15) is 12.8 Å². The van der Waals surface area contributed by atoms with Gasteiger partial charge in [-0.25, -0.2) is 0 Å². The largest absolute Gasteiger partial charge is 0.339 e. The van der Waals surface area contributed by atoms with Crippen molar-refractivity contribution < 1.29 is 4.79 Å². The number of halogens is 2. The summed E-state index contributed by atoms with van der Waals surface area (Å²) in [6.45, 7) is 2.41. The molecular weight excluding hydrogens is 297 g/mol. The summed E-state index contributed by atoms with van der Waals surface area (Å²) in [5, 5.41) is 4.04. The highest BCUT2D eigenvalue weighted by Crippen LogP contribution is 2.38. The first-order valence-electron chi connectivity index (χ1n) is 6.63. The normalized spacial score (nSPS) is 21.2. The van der Waals surface area contributed by atoms with Crippen molar-refractivity contribution in [3.05, 3.63) is 29.3 Å². The van der Waals surface area contributed by atoms with E-state index >= 15 is 0 Å². The highest BCUT2D eigenvalue weighted by atomic mass is 35.5. The Morgan fingerprint density at radius 2 is 2.00 bits per heavy atom. The molecule has 1 spiro atoms. The third-order valence-corrected chi connectivity index (χ3v) is 4.40. The molecule has 1 aromatic rings. The second kappa shape index (κ2) is 5.80. The van der Waals surface area contributed by atoms with Crippen molar-refractivity contribution in [3.63, 3.8) is 0 Å². The van der Waals surface area contributed by atoms with Crippen LogP contribution in [0.2, 0.25) is 5.02 Å². The second-order valence-electron chi connectivity index (χ2n) is 5.33. The highest BCUT2D eigenvalue weighted by molar-refractivity contribution is 6.30. The van der Waals surface area contributed by atoms with Gasteiger partial charge >= 0.3 is 0 Å². The maximum absolute atomic E-state index is 12.6. The maximum Gasteiger partial charge on any atom is 0.249 e. The van der Waals surface area contributed by atoms with E-state index in [-0.39, 0.29) is 23.9 Å². The number of hydrogen-bond donors (Lipinski definition) is 1. The van der Waals surface area contributed by atoms with E-state index in [1.54, 1.807) is 0 Å². The van der Waals surface area contributed by atoms with Crippen LogP contribution in [0.25, 0.3) is 0 Å². The van der Waals surface area contributed by atoms with Crippen LogP contribution in [-0.4, -0.2) is 43.2 Å². The molecule has 0 aliphatic carbocycles. The van der Waals surface area contributed by atoms with E-state index in [1.165, 1.54) is 0 Å². The van der Waals surface area contributed by atoms with Crippen molar-refractivity contribution in [2.24, 2.45) is 0 Å². The lowest BCUT2D eigenvalue weighted by atomic mass is 9.86. The van der Waals surface area contributed by atoms with Crippen molar-refractivity contribution in [1.29, 1.82) is 0 Å². The first-order valence-corrected chi connectivity index (χ1v) is 7.01. The molecule has 4 nitrogen and oxygen atoms in total. The van der Waals surface area contributed by atoms with E-state index in [0.29, 0.717) is 11.7 Å². The van der Waals surface area contributed by atoms with Gasteiger partial charge in [-0.05, 0) is 44.1 Å². The maximum atomic E-state index is 12.6. The van der Waals surface area contributed by atoms with Gasteiger partial charge in [-0.2, -0.15) is 0 Å². The molecule has 1 amide bonds. The van der Waals surface area contributed by atoms with Crippen molar-refractivity contribution in [2.45, 2.75) is 18.4 Å². The molecule has 0 bridgehead atoms. The molecule has 2 heterocycles. The van der Waals surface area contributed by atoms with Gasteiger partial charge in [-0.15, -0.1) is 12.4 Å². The molecule has 1 N–H and O–H groups in total. The predicted molar refractivity (Wildman–Crippen MR) is 83.7 cm³/mol. The molecule has 0 atom stereocenters. The molecule has 0 aromatic heterocycles. The number of likely N-dealkylation sites (N-methyl/N-ethyl adjacent to an activating group) is 1. The Kier molecular flexibility index (Phi) is 4.47. The van der Waals surface area contributed by atoms with Gasteiger partial charge in [0.25, 0.3) is 0 Å².